The van der Waals surface area contributed by atoms with Crippen molar-refractivity contribution in [2.45, 2.75) is 33.6 Å². The predicted octanol–water partition coefficient (Wildman–Crippen LogP) is 4.21. The number of aromatic nitrogens is 1. The predicted molar refractivity (Wildman–Crippen MR) is 67.1 cm³/mol. The monoisotopic (exact) mass is 201 g/mol. The molecule has 0 aliphatic carbocycles. The van der Waals surface area contributed by atoms with Crippen LogP contribution in [-0.2, 0) is 6.42 Å². The van der Waals surface area contributed by atoms with Crippen LogP contribution in [0.3, 0.4) is 0 Å². The lowest BCUT2D eigenvalue weighted by atomic mass is 10.1. The van der Waals surface area contributed by atoms with E-state index in [2.05, 4.69) is 44.0 Å². The van der Waals surface area contributed by atoms with Crippen LogP contribution >= 0.6 is 0 Å². The highest BCUT2D eigenvalue weighted by Crippen LogP contribution is 2.16. The third-order valence-corrected chi connectivity index (χ3v) is 2.13. The van der Waals surface area contributed by atoms with Gasteiger partial charge in [-0.1, -0.05) is 51.5 Å². The smallest absolute Gasteiger partial charge is 0.0346 e. The highest BCUT2D eigenvalue weighted by molar-refractivity contribution is 5.84. The molecule has 0 fully saturated rings. The van der Waals surface area contributed by atoms with E-state index in [1.807, 2.05) is 18.5 Å². The number of hydrogen-bond donors (Lipinski definition) is 0. The SMILES string of the molecule is CCC.CCc1cncc2ccccc12. The molecule has 1 aromatic heterocycles. The van der Waals surface area contributed by atoms with E-state index in [0.717, 1.165) is 6.42 Å². The number of pyridine rings is 1. The standard InChI is InChI=1S/C11H11N.C3H8/c1-2-9-7-12-8-10-5-3-4-6-11(9)10;1-3-2/h3-8H,2H2,1H3;3H2,1-2H3. The van der Waals surface area contributed by atoms with Crippen LogP contribution in [0.1, 0.15) is 32.8 Å². The Morgan fingerprint density at radius 2 is 1.67 bits per heavy atom. The number of aryl methyl sites for hydroxylation is 1. The van der Waals surface area contributed by atoms with Gasteiger partial charge in [0.05, 0.1) is 0 Å². The van der Waals surface area contributed by atoms with Crippen LogP contribution in [0.2, 0.25) is 0 Å². The van der Waals surface area contributed by atoms with Crippen molar-refractivity contribution in [2.75, 3.05) is 0 Å². The molecule has 1 aromatic carbocycles. The van der Waals surface area contributed by atoms with Gasteiger partial charge in [-0.25, -0.2) is 0 Å². The summed E-state index contributed by atoms with van der Waals surface area (Å²) in [6.07, 6.45) is 6.16. The second-order valence-corrected chi connectivity index (χ2v) is 3.58. The maximum atomic E-state index is 4.18. The normalized spacial score (nSPS) is 9.53. The fourth-order valence-electron chi connectivity index (χ4n) is 1.46. The second kappa shape index (κ2) is 6.18. The summed E-state index contributed by atoms with van der Waals surface area (Å²) in [5.74, 6) is 0. The van der Waals surface area contributed by atoms with Gasteiger partial charge < -0.3 is 0 Å². The highest BCUT2D eigenvalue weighted by atomic mass is 14.6. The molecule has 80 valence electrons. The zero-order valence-corrected chi connectivity index (χ0v) is 9.83. The molecule has 0 radical (unpaired) electrons. The van der Waals surface area contributed by atoms with E-state index < -0.39 is 0 Å². The maximum absolute atomic E-state index is 4.18. The molecule has 0 aliphatic rings. The van der Waals surface area contributed by atoms with E-state index in [-0.39, 0.29) is 0 Å². The minimum Gasteiger partial charge on any atom is -0.264 e. The van der Waals surface area contributed by atoms with E-state index in [9.17, 15) is 0 Å². The first-order chi connectivity index (χ1) is 7.33. The summed E-state index contributed by atoms with van der Waals surface area (Å²) >= 11 is 0. The van der Waals surface area contributed by atoms with Gasteiger partial charge in [0, 0.05) is 17.8 Å². The third-order valence-electron chi connectivity index (χ3n) is 2.13. The van der Waals surface area contributed by atoms with Crippen LogP contribution in [0.4, 0.5) is 0 Å². The van der Waals surface area contributed by atoms with E-state index in [4.69, 9.17) is 0 Å². The molecule has 0 spiro atoms. The molecule has 0 unspecified atom stereocenters. The van der Waals surface area contributed by atoms with Crippen LogP contribution in [-0.4, -0.2) is 4.98 Å². The Kier molecular flexibility index (Phi) is 4.82. The Labute approximate surface area is 92.2 Å². The summed E-state index contributed by atoms with van der Waals surface area (Å²) in [7, 11) is 0. The topological polar surface area (TPSA) is 12.9 Å². The Bertz CT molecular complexity index is 402. The molecular weight excluding hydrogens is 182 g/mol. The molecule has 0 aliphatic heterocycles. The van der Waals surface area contributed by atoms with Gasteiger partial charge in [0.15, 0.2) is 0 Å². The molecule has 1 heterocycles. The minimum atomic E-state index is 1.05. The van der Waals surface area contributed by atoms with Crippen molar-refractivity contribution in [3.05, 3.63) is 42.2 Å². The molecule has 0 N–H and O–H groups in total. The Morgan fingerprint density at radius 1 is 1.00 bits per heavy atom. The minimum absolute atomic E-state index is 1.05. The molecule has 0 atom stereocenters. The van der Waals surface area contributed by atoms with Gasteiger partial charge in [-0.2, -0.15) is 0 Å². The van der Waals surface area contributed by atoms with E-state index >= 15 is 0 Å². The molecule has 0 saturated heterocycles. The average Bonchev–Trinajstić information content (AvgIpc) is 2.29. The van der Waals surface area contributed by atoms with Crippen molar-refractivity contribution in [1.82, 2.24) is 4.98 Å². The van der Waals surface area contributed by atoms with Gasteiger partial charge in [0.2, 0.25) is 0 Å². The number of rotatable bonds is 1. The lowest BCUT2D eigenvalue weighted by molar-refractivity contribution is 1.09. The molecule has 2 aromatic rings. The zero-order chi connectivity index (χ0) is 11.1. The van der Waals surface area contributed by atoms with Gasteiger partial charge in [0.1, 0.15) is 0 Å². The van der Waals surface area contributed by atoms with E-state index in [1.165, 1.54) is 22.8 Å². The molecule has 2 rings (SSSR count). The molecular formula is C14H19N. The van der Waals surface area contributed by atoms with Crippen LogP contribution in [0.25, 0.3) is 10.8 Å². The van der Waals surface area contributed by atoms with Crippen molar-refractivity contribution in [3.8, 4) is 0 Å². The van der Waals surface area contributed by atoms with Crippen molar-refractivity contribution in [2.24, 2.45) is 0 Å². The second-order valence-electron chi connectivity index (χ2n) is 3.58. The summed E-state index contributed by atoms with van der Waals surface area (Å²) in [4.78, 5) is 4.18. The van der Waals surface area contributed by atoms with Gasteiger partial charge in [0.25, 0.3) is 0 Å². The summed E-state index contributed by atoms with van der Waals surface area (Å²) < 4.78 is 0. The molecule has 0 saturated carbocycles. The number of benzene rings is 1. The first-order valence-electron chi connectivity index (χ1n) is 5.65. The van der Waals surface area contributed by atoms with Crippen LogP contribution in [0.15, 0.2) is 36.7 Å². The summed E-state index contributed by atoms with van der Waals surface area (Å²) in [5.41, 5.74) is 1.33. The Morgan fingerprint density at radius 3 is 2.33 bits per heavy atom. The fraction of sp³-hybridized carbons (Fsp3) is 0.357. The third kappa shape index (κ3) is 3.05. The zero-order valence-electron chi connectivity index (χ0n) is 9.83. The molecule has 0 bridgehead atoms. The molecule has 1 heteroatoms. The molecule has 0 amide bonds. The highest BCUT2D eigenvalue weighted by Gasteiger charge is 1.96. The average molecular weight is 201 g/mol. The first kappa shape index (κ1) is 11.7. The van der Waals surface area contributed by atoms with Crippen molar-refractivity contribution in [1.29, 1.82) is 0 Å². The lowest BCUT2D eigenvalue weighted by Crippen LogP contribution is -1.84. The maximum Gasteiger partial charge on any atom is 0.0346 e. The molecule has 1 nitrogen and oxygen atoms in total. The number of nitrogens with zero attached hydrogens (tertiary/aromatic N) is 1. The number of hydrogen-bond acceptors (Lipinski definition) is 1. The van der Waals surface area contributed by atoms with Gasteiger partial charge >= 0.3 is 0 Å². The van der Waals surface area contributed by atoms with E-state index in [0.29, 0.717) is 0 Å². The lowest BCUT2D eigenvalue weighted by Gasteiger charge is -2.01. The number of fused-ring (bicyclic) bond motifs is 1. The van der Waals surface area contributed by atoms with Crippen molar-refractivity contribution >= 4 is 10.8 Å². The van der Waals surface area contributed by atoms with Gasteiger partial charge in [-0.15, -0.1) is 0 Å². The Hall–Kier alpha value is -1.37. The van der Waals surface area contributed by atoms with Crippen LogP contribution < -0.4 is 0 Å². The summed E-state index contributed by atoms with van der Waals surface area (Å²) in [5, 5.41) is 2.56. The largest absolute Gasteiger partial charge is 0.264 e. The van der Waals surface area contributed by atoms with Crippen LogP contribution in [0.5, 0.6) is 0 Å². The quantitative estimate of drug-likeness (QED) is 0.673. The Balaban J connectivity index is 0.000000337. The fourth-order valence-corrected chi connectivity index (χ4v) is 1.46. The van der Waals surface area contributed by atoms with E-state index in [1.54, 1.807) is 0 Å². The van der Waals surface area contributed by atoms with Crippen molar-refractivity contribution < 1.29 is 0 Å². The first-order valence-corrected chi connectivity index (χ1v) is 5.65. The summed E-state index contributed by atoms with van der Waals surface area (Å²) in [6, 6.07) is 8.36. The van der Waals surface area contributed by atoms with Gasteiger partial charge in [-0.05, 0) is 17.4 Å². The molecule has 15 heavy (non-hydrogen) atoms. The summed E-state index contributed by atoms with van der Waals surface area (Å²) in [6.45, 7) is 6.41. The van der Waals surface area contributed by atoms with Crippen molar-refractivity contribution in [3.63, 3.8) is 0 Å². The van der Waals surface area contributed by atoms with Gasteiger partial charge in [-0.3, -0.25) is 4.98 Å². The van der Waals surface area contributed by atoms with Crippen LogP contribution in [0, 0.1) is 0 Å².